The van der Waals surface area contributed by atoms with E-state index in [1.807, 2.05) is 48.2 Å². The normalized spacial score (nSPS) is 10.3. The minimum atomic E-state index is -0.0427. The number of anilines is 1. The fraction of sp³-hybridized carbons (Fsp3) is 0.278. The minimum absolute atomic E-state index is 0. The second-order valence-electron chi connectivity index (χ2n) is 5.52. The van der Waals surface area contributed by atoms with Crippen LogP contribution in [0, 0.1) is 6.92 Å². The summed E-state index contributed by atoms with van der Waals surface area (Å²) < 4.78 is 0.888. The van der Waals surface area contributed by atoms with Crippen molar-refractivity contribution < 1.29 is 4.79 Å². The summed E-state index contributed by atoms with van der Waals surface area (Å²) in [5.41, 5.74) is 8.77. The standard InChI is InChI=1S/C18H22BrN3O.ClH/c1-14-7-8-17(16(19)11-14)21-18(23)13-22(10-9-20)12-15-5-3-2-4-6-15;/h2-8,11H,9-10,12-13,20H2,1H3,(H,21,23);1H. The summed E-state index contributed by atoms with van der Waals surface area (Å²) in [7, 11) is 0. The Morgan fingerprint density at radius 1 is 1.21 bits per heavy atom. The minimum Gasteiger partial charge on any atom is -0.329 e. The maximum Gasteiger partial charge on any atom is 0.238 e. The highest BCUT2D eigenvalue weighted by Gasteiger charge is 2.12. The first-order valence-electron chi connectivity index (χ1n) is 7.61. The number of nitrogens with one attached hydrogen (secondary N) is 1. The first-order valence-corrected chi connectivity index (χ1v) is 8.40. The molecule has 0 aromatic heterocycles. The Balaban J connectivity index is 0.00000288. The van der Waals surface area contributed by atoms with Crippen molar-refractivity contribution in [2.45, 2.75) is 13.5 Å². The van der Waals surface area contributed by atoms with Crippen LogP contribution in [0.15, 0.2) is 53.0 Å². The number of aryl methyl sites for hydroxylation is 1. The molecule has 0 radical (unpaired) electrons. The Bertz CT molecular complexity index is 652. The number of hydrogen-bond donors (Lipinski definition) is 2. The lowest BCUT2D eigenvalue weighted by molar-refractivity contribution is -0.117. The summed E-state index contributed by atoms with van der Waals surface area (Å²) in [6, 6.07) is 16.0. The van der Waals surface area contributed by atoms with Gasteiger partial charge in [0.05, 0.1) is 12.2 Å². The molecule has 2 aromatic carbocycles. The quantitative estimate of drug-likeness (QED) is 0.731. The van der Waals surface area contributed by atoms with E-state index in [1.165, 1.54) is 5.56 Å². The summed E-state index contributed by atoms with van der Waals surface area (Å²) in [5, 5.41) is 2.94. The van der Waals surface area contributed by atoms with Crippen LogP contribution in [0.5, 0.6) is 0 Å². The lowest BCUT2D eigenvalue weighted by Gasteiger charge is -2.21. The van der Waals surface area contributed by atoms with Gasteiger partial charge in [-0.3, -0.25) is 9.69 Å². The molecule has 0 aliphatic heterocycles. The Morgan fingerprint density at radius 3 is 2.54 bits per heavy atom. The van der Waals surface area contributed by atoms with Crippen molar-refractivity contribution in [3.63, 3.8) is 0 Å². The van der Waals surface area contributed by atoms with Crippen molar-refractivity contribution in [2.24, 2.45) is 5.73 Å². The van der Waals surface area contributed by atoms with Gasteiger partial charge in [-0.05, 0) is 46.1 Å². The van der Waals surface area contributed by atoms with Gasteiger partial charge in [-0.15, -0.1) is 12.4 Å². The summed E-state index contributed by atoms with van der Waals surface area (Å²) in [5.74, 6) is -0.0427. The Morgan fingerprint density at radius 2 is 1.92 bits per heavy atom. The average molecular weight is 413 g/mol. The van der Waals surface area contributed by atoms with Crippen LogP contribution < -0.4 is 11.1 Å². The molecular weight excluding hydrogens is 390 g/mol. The number of carbonyl (C=O) groups is 1. The first-order chi connectivity index (χ1) is 11.1. The number of halogens is 2. The highest BCUT2D eigenvalue weighted by molar-refractivity contribution is 9.10. The highest BCUT2D eigenvalue weighted by atomic mass is 79.9. The van der Waals surface area contributed by atoms with Crippen LogP contribution in [0.25, 0.3) is 0 Å². The number of hydrogen-bond acceptors (Lipinski definition) is 3. The van der Waals surface area contributed by atoms with E-state index < -0.39 is 0 Å². The van der Waals surface area contributed by atoms with Crippen LogP contribution in [0.3, 0.4) is 0 Å². The topological polar surface area (TPSA) is 58.4 Å². The van der Waals surface area contributed by atoms with Crippen LogP contribution in [-0.4, -0.2) is 30.4 Å². The molecule has 0 saturated carbocycles. The van der Waals surface area contributed by atoms with Gasteiger partial charge in [0.15, 0.2) is 0 Å². The van der Waals surface area contributed by atoms with Crippen molar-refractivity contribution >= 4 is 39.9 Å². The van der Waals surface area contributed by atoms with E-state index in [-0.39, 0.29) is 18.3 Å². The molecule has 130 valence electrons. The lowest BCUT2D eigenvalue weighted by Crippen LogP contribution is -2.36. The van der Waals surface area contributed by atoms with Gasteiger partial charge in [0.1, 0.15) is 0 Å². The van der Waals surface area contributed by atoms with Gasteiger partial charge in [-0.1, -0.05) is 36.4 Å². The maximum absolute atomic E-state index is 12.3. The van der Waals surface area contributed by atoms with Crippen molar-refractivity contribution in [1.82, 2.24) is 4.90 Å². The van der Waals surface area contributed by atoms with Gasteiger partial charge in [0.2, 0.25) is 5.91 Å². The van der Waals surface area contributed by atoms with E-state index in [0.29, 0.717) is 26.2 Å². The SMILES string of the molecule is Cc1ccc(NC(=O)CN(CCN)Cc2ccccc2)c(Br)c1.Cl. The van der Waals surface area contributed by atoms with Gasteiger partial charge in [-0.25, -0.2) is 0 Å². The highest BCUT2D eigenvalue weighted by Crippen LogP contribution is 2.23. The molecule has 0 aliphatic carbocycles. The number of nitrogens with zero attached hydrogens (tertiary/aromatic N) is 1. The third-order valence-electron chi connectivity index (χ3n) is 3.46. The van der Waals surface area contributed by atoms with Crippen molar-refractivity contribution in [1.29, 1.82) is 0 Å². The van der Waals surface area contributed by atoms with Gasteiger partial charge < -0.3 is 11.1 Å². The molecule has 2 aromatic rings. The van der Waals surface area contributed by atoms with E-state index in [0.717, 1.165) is 15.7 Å². The molecule has 3 N–H and O–H groups in total. The molecule has 1 amide bonds. The summed E-state index contributed by atoms with van der Waals surface area (Å²) in [6.45, 7) is 4.23. The monoisotopic (exact) mass is 411 g/mol. The van der Waals surface area contributed by atoms with Gasteiger partial charge in [-0.2, -0.15) is 0 Å². The third kappa shape index (κ3) is 6.61. The predicted octanol–water partition coefficient (Wildman–Crippen LogP) is 3.58. The van der Waals surface area contributed by atoms with Gasteiger partial charge >= 0.3 is 0 Å². The molecule has 0 aliphatic rings. The van der Waals surface area contributed by atoms with E-state index in [1.54, 1.807) is 0 Å². The second kappa shape index (κ2) is 10.5. The fourth-order valence-electron chi connectivity index (χ4n) is 2.35. The van der Waals surface area contributed by atoms with E-state index >= 15 is 0 Å². The summed E-state index contributed by atoms with van der Waals surface area (Å²) in [6.07, 6.45) is 0. The first kappa shape index (κ1) is 20.6. The van der Waals surface area contributed by atoms with Gasteiger partial charge in [0, 0.05) is 24.1 Å². The average Bonchev–Trinajstić information content (AvgIpc) is 2.51. The van der Waals surface area contributed by atoms with Crippen LogP contribution in [0.2, 0.25) is 0 Å². The van der Waals surface area contributed by atoms with Crippen LogP contribution in [-0.2, 0) is 11.3 Å². The Kier molecular flexibility index (Phi) is 9.00. The number of rotatable bonds is 7. The maximum atomic E-state index is 12.3. The van der Waals surface area contributed by atoms with E-state index in [9.17, 15) is 4.79 Å². The van der Waals surface area contributed by atoms with Crippen LogP contribution in [0.4, 0.5) is 5.69 Å². The number of carbonyl (C=O) groups excluding carboxylic acids is 1. The molecule has 6 heteroatoms. The molecule has 24 heavy (non-hydrogen) atoms. The van der Waals surface area contributed by atoms with E-state index in [2.05, 4.69) is 33.4 Å². The molecule has 0 saturated heterocycles. The number of nitrogens with two attached hydrogens (primary N) is 1. The smallest absolute Gasteiger partial charge is 0.238 e. The van der Waals surface area contributed by atoms with Crippen molar-refractivity contribution in [3.05, 3.63) is 64.1 Å². The molecule has 0 spiro atoms. The molecule has 0 unspecified atom stereocenters. The molecule has 0 fully saturated rings. The molecule has 0 atom stereocenters. The van der Waals surface area contributed by atoms with Crippen LogP contribution in [0.1, 0.15) is 11.1 Å². The lowest BCUT2D eigenvalue weighted by atomic mass is 10.2. The number of amides is 1. The Labute approximate surface area is 158 Å². The molecule has 0 bridgehead atoms. The summed E-state index contributed by atoms with van der Waals surface area (Å²) >= 11 is 3.48. The third-order valence-corrected chi connectivity index (χ3v) is 4.12. The zero-order valence-corrected chi connectivity index (χ0v) is 16.1. The molecule has 2 rings (SSSR count). The number of benzene rings is 2. The molecule has 0 heterocycles. The molecular formula is C18H23BrClN3O. The largest absolute Gasteiger partial charge is 0.329 e. The zero-order chi connectivity index (χ0) is 16.7. The second-order valence-corrected chi connectivity index (χ2v) is 6.37. The van der Waals surface area contributed by atoms with Crippen molar-refractivity contribution in [2.75, 3.05) is 25.0 Å². The fourth-order valence-corrected chi connectivity index (χ4v) is 2.94. The Hall–Kier alpha value is -1.40. The van der Waals surface area contributed by atoms with Crippen LogP contribution >= 0.6 is 28.3 Å². The zero-order valence-electron chi connectivity index (χ0n) is 13.7. The van der Waals surface area contributed by atoms with Gasteiger partial charge in [0.25, 0.3) is 0 Å². The molecule has 4 nitrogen and oxygen atoms in total. The van der Waals surface area contributed by atoms with Crippen molar-refractivity contribution in [3.8, 4) is 0 Å². The van der Waals surface area contributed by atoms with E-state index in [4.69, 9.17) is 5.73 Å². The predicted molar refractivity (Wildman–Crippen MR) is 106 cm³/mol. The summed E-state index contributed by atoms with van der Waals surface area (Å²) in [4.78, 5) is 14.4.